The molecule has 4 aliphatic rings. The number of allylic oxidation sites excluding steroid dienone is 1. The maximum Gasteiger partial charge on any atom is 0.230 e. The molecule has 5 nitrogen and oxygen atoms in total. The van der Waals surface area contributed by atoms with Crippen molar-refractivity contribution < 1.29 is 19.7 Å². The Morgan fingerprint density at radius 3 is 2.61 bits per heavy atom. The van der Waals surface area contributed by atoms with Crippen LogP contribution in [0.4, 0.5) is 0 Å². The molecule has 2 aliphatic heterocycles. The molecule has 5 rings (SSSR count). The molecule has 3 fully saturated rings. The Balaban J connectivity index is 1.63. The molecule has 2 heterocycles. The molecule has 0 aromatic heterocycles. The molecule has 0 radical (unpaired) electrons. The second kappa shape index (κ2) is 7.79. The van der Waals surface area contributed by atoms with E-state index in [1.807, 2.05) is 18.2 Å². The van der Waals surface area contributed by atoms with Crippen molar-refractivity contribution in [3.63, 3.8) is 0 Å². The molecule has 1 aromatic rings. The van der Waals surface area contributed by atoms with Gasteiger partial charge in [-0.25, -0.2) is 0 Å². The quantitative estimate of drug-likeness (QED) is 0.475. The lowest BCUT2D eigenvalue weighted by atomic mass is 9.51. The molecule has 10 atom stereocenters. The van der Waals surface area contributed by atoms with E-state index in [2.05, 4.69) is 50.4 Å². The molecule has 1 amide bonds. The third-order valence-corrected chi connectivity index (χ3v) is 8.97. The fourth-order valence-corrected chi connectivity index (χ4v) is 7.25. The SMILES string of the molecule is C[C@H]1C/C=C/[C@H]2[C@@H]3O[C@]3(C)[C@@H](C)[C@H]3[C@H](Cc4ccccc4)NC(=O)[C@]32[C@H](O)/C=C/[C@](C)(O)C1. The van der Waals surface area contributed by atoms with Gasteiger partial charge in [0.15, 0.2) is 0 Å². The van der Waals surface area contributed by atoms with E-state index in [0.29, 0.717) is 12.8 Å². The summed E-state index contributed by atoms with van der Waals surface area (Å²) in [5.41, 5.74) is -1.20. The zero-order valence-electron chi connectivity index (χ0n) is 20.1. The van der Waals surface area contributed by atoms with Gasteiger partial charge in [-0.05, 0) is 50.5 Å². The van der Waals surface area contributed by atoms with E-state index in [4.69, 9.17) is 4.74 Å². The largest absolute Gasteiger partial charge is 0.388 e. The van der Waals surface area contributed by atoms with Gasteiger partial charge in [0.25, 0.3) is 0 Å². The summed E-state index contributed by atoms with van der Waals surface area (Å²) in [5, 5.41) is 25.9. The molecule has 1 spiro atoms. The normalized spacial score (nSPS) is 50.7. The van der Waals surface area contributed by atoms with Gasteiger partial charge in [-0.2, -0.15) is 0 Å². The molecule has 0 bridgehead atoms. The summed E-state index contributed by atoms with van der Waals surface area (Å²) in [4.78, 5) is 13.9. The van der Waals surface area contributed by atoms with Crippen LogP contribution >= 0.6 is 0 Å². The van der Waals surface area contributed by atoms with Crippen LogP contribution in [0.5, 0.6) is 0 Å². The molecule has 1 saturated carbocycles. The van der Waals surface area contributed by atoms with E-state index in [0.717, 1.165) is 6.42 Å². The van der Waals surface area contributed by atoms with Crippen molar-refractivity contribution >= 4 is 5.91 Å². The Morgan fingerprint density at radius 1 is 1.15 bits per heavy atom. The van der Waals surface area contributed by atoms with E-state index < -0.39 is 17.1 Å². The Morgan fingerprint density at radius 2 is 1.88 bits per heavy atom. The minimum Gasteiger partial charge on any atom is -0.388 e. The topological polar surface area (TPSA) is 82.1 Å². The number of epoxide rings is 1. The summed E-state index contributed by atoms with van der Waals surface area (Å²) in [7, 11) is 0. The van der Waals surface area contributed by atoms with E-state index in [9.17, 15) is 15.0 Å². The number of amides is 1. The van der Waals surface area contributed by atoms with Crippen molar-refractivity contribution in [2.45, 2.75) is 76.4 Å². The summed E-state index contributed by atoms with van der Waals surface area (Å²) in [5.74, 6) is -0.0603. The highest BCUT2D eigenvalue weighted by Crippen LogP contribution is 2.66. The van der Waals surface area contributed by atoms with Crippen LogP contribution in [-0.4, -0.2) is 45.6 Å². The number of carbonyl (C=O) groups excluding carboxylic acids is 1. The van der Waals surface area contributed by atoms with Crippen molar-refractivity contribution in [1.82, 2.24) is 5.32 Å². The van der Waals surface area contributed by atoms with E-state index in [1.165, 1.54) is 5.56 Å². The van der Waals surface area contributed by atoms with Crippen molar-refractivity contribution in [3.8, 4) is 0 Å². The molecule has 33 heavy (non-hydrogen) atoms. The Hall–Kier alpha value is -1.95. The predicted octanol–water partition coefficient (Wildman–Crippen LogP) is 3.41. The van der Waals surface area contributed by atoms with Gasteiger partial charge in [-0.1, -0.05) is 68.5 Å². The number of hydrogen-bond acceptors (Lipinski definition) is 4. The predicted molar refractivity (Wildman–Crippen MR) is 127 cm³/mol. The summed E-state index contributed by atoms with van der Waals surface area (Å²) in [6.45, 7) is 8.23. The fourth-order valence-electron chi connectivity index (χ4n) is 7.25. The third-order valence-electron chi connectivity index (χ3n) is 8.97. The van der Waals surface area contributed by atoms with Crippen molar-refractivity contribution in [1.29, 1.82) is 0 Å². The van der Waals surface area contributed by atoms with Gasteiger partial charge >= 0.3 is 0 Å². The van der Waals surface area contributed by atoms with Crippen LogP contribution in [0.1, 0.15) is 46.1 Å². The van der Waals surface area contributed by atoms with Crippen molar-refractivity contribution in [2.75, 3.05) is 0 Å². The fraction of sp³-hybridized carbons (Fsp3) is 0.607. The number of aliphatic hydroxyl groups is 2. The van der Waals surface area contributed by atoms with Crippen LogP contribution in [0.2, 0.25) is 0 Å². The molecule has 178 valence electrons. The highest BCUT2D eigenvalue weighted by Gasteiger charge is 2.77. The van der Waals surface area contributed by atoms with E-state index >= 15 is 0 Å². The lowest BCUT2D eigenvalue weighted by Gasteiger charge is -2.48. The number of hydrogen-bond donors (Lipinski definition) is 3. The molecule has 5 heteroatoms. The van der Waals surface area contributed by atoms with Crippen molar-refractivity contribution in [2.24, 2.45) is 29.1 Å². The Bertz CT molecular complexity index is 971. The number of aliphatic hydroxyl groups excluding tert-OH is 1. The second-order valence-electron chi connectivity index (χ2n) is 11.4. The van der Waals surface area contributed by atoms with E-state index in [-0.39, 0.29) is 47.3 Å². The van der Waals surface area contributed by atoms with Gasteiger partial charge in [0.05, 0.1) is 28.8 Å². The minimum absolute atomic E-state index is 0.0902. The maximum absolute atomic E-state index is 13.9. The van der Waals surface area contributed by atoms with Gasteiger partial charge < -0.3 is 20.3 Å². The zero-order chi connectivity index (χ0) is 23.6. The first-order valence-electron chi connectivity index (χ1n) is 12.4. The Labute approximate surface area is 196 Å². The standard InChI is InChI=1S/C28H37NO4/c1-17-9-8-12-20-24-27(4,33-24)18(2)23-21(15-19-10-6-5-7-11-19)29-25(31)28(20,23)22(30)13-14-26(3,32)16-17/h5-8,10-14,17-18,20-24,30,32H,9,15-16H2,1-4H3,(H,29,31)/b12-8+,14-13+/t17-,18-,20-,21-,22+,23-,24-,26-,27+,28+/m0/s1. The number of nitrogens with one attached hydrogen (secondary N) is 1. The molecular formula is C28H37NO4. The smallest absolute Gasteiger partial charge is 0.230 e. The highest BCUT2D eigenvalue weighted by molar-refractivity contribution is 5.88. The van der Waals surface area contributed by atoms with Crippen LogP contribution < -0.4 is 5.32 Å². The average Bonchev–Trinajstić information content (AvgIpc) is 3.37. The van der Waals surface area contributed by atoms with Crippen LogP contribution in [0.3, 0.4) is 0 Å². The van der Waals surface area contributed by atoms with Gasteiger partial charge in [0.1, 0.15) is 0 Å². The molecule has 2 aliphatic carbocycles. The summed E-state index contributed by atoms with van der Waals surface area (Å²) in [6.07, 6.45) is 8.65. The summed E-state index contributed by atoms with van der Waals surface area (Å²) in [6, 6.07) is 10.1. The van der Waals surface area contributed by atoms with E-state index in [1.54, 1.807) is 19.1 Å². The molecule has 3 N–H and O–H groups in total. The van der Waals surface area contributed by atoms with Crippen LogP contribution in [0.25, 0.3) is 0 Å². The van der Waals surface area contributed by atoms with Crippen LogP contribution in [0.15, 0.2) is 54.6 Å². The average molecular weight is 452 g/mol. The van der Waals surface area contributed by atoms with Crippen LogP contribution in [0, 0.1) is 29.1 Å². The van der Waals surface area contributed by atoms with Crippen molar-refractivity contribution in [3.05, 3.63) is 60.2 Å². The number of ether oxygens (including phenoxy) is 1. The van der Waals surface area contributed by atoms with Gasteiger partial charge in [0, 0.05) is 17.9 Å². The zero-order valence-corrected chi connectivity index (χ0v) is 20.1. The number of fused-ring (bicyclic) bond motifs is 2. The third kappa shape index (κ3) is 3.51. The summed E-state index contributed by atoms with van der Waals surface area (Å²) < 4.78 is 6.33. The monoisotopic (exact) mass is 451 g/mol. The first kappa shape index (κ1) is 22.8. The lowest BCUT2D eigenvalue weighted by Crippen LogP contribution is -2.59. The maximum atomic E-state index is 13.9. The Kier molecular flexibility index (Phi) is 5.39. The molecule has 2 saturated heterocycles. The molecule has 1 aromatic carbocycles. The first-order valence-corrected chi connectivity index (χ1v) is 12.4. The number of benzene rings is 1. The minimum atomic E-state index is -1.04. The highest BCUT2D eigenvalue weighted by atomic mass is 16.6. The van der Waals surface area contributed by atoms with Gasteiger partial charge in [-0.3, -0.25) is 4.79 Å². The molecular weight excluding hydrogens is 414 g/mol. The number of rotatable bonds is 2. The van der Waals surface area contributed by atoms with Gasteiger partial charge in [-0.15, -0.1) is 0 Å². The molecule has 0 unspecified atom stereocenters. The van der Waals surface area contributed by atoms with Gasteiger partial charge in [0.2, 0.25) is 5.91 Å². The van der Waals surface area contributed by atoms with Crippen LogP contribution in [-0.2, 0) is 16.0 Å². The number of carbonyl (C=O) groups is 1. The second-order valence-corrected chi connectivity index (χ2v) is 11.4. The summed E-state index contributed by atoms with van der Waals surface area (Å²) >= 11 is 0. The lowest BCUT2D eigenvalue weighted by molar-refractivity contribution is -0.142. The first-order chi connectivity index (χ1) is 15.6.